The van der Waals surface area contributed by atoms with Gasteiger partial charge in [0.05, 0.1) is 15.8 Å². The molecule has 2 aromatic carbocycles. The van der Waals surface area contributed by atoms with Gasteiger partial charge in [-0.1, -0.05) is 23.9 Å². The fourth-order valence-electron chi connectivity index (χ4n) is 1.71. The number of rotatable bonds is 2. The molecule has 0 saturated carbocycles. The quantitative estimate of drug-likeness (QED) is 0.724. The van der Waals surface area contributed by atoms with E-state index in [1.807, 2.05) is 30.3 Å². The molecular weight excluding hydrogens is 274 g/mol. The number of para-hydroxylation sites is 1. The molecule has 2 N–H and O–H groups in total. The monoisotopic (exact) mass is 283 g/mol. The lowest BCUT2D eigenvalue weighted by Gasteiger charge is -2.01. The van der Waals surface area contributed by atoms with Gasteiger partial charge in [0.2, 0.25) is 0 Å². The Hall–Kier alpha value is -2.03. The minimum Gasteiger partial charge on any atom is -0.399 e. The van der Waals surface area contributed by atoms with Gasteiger partial charge in [0.25, 0.3) is 0 Å². The van der Waals surface area contributed by atoms with Gasteiger partial charge in [0.15, 0.2) is 4.34 Å². The SMILES string of the molecule is N#Cc1cc(N)ccc1Sc1nc2ccccc2s1. The average molecular weight is 283 g/mol. The first kappa shape index (κ1) is 12.0. The molecule has 92 valence electrons. The third-order valence-electron chi connectivity index (χ3n) is 2.60. The minimum atomic E-state index is 0.587. The van der Waals surface area contributed by atoms with Crippen LogP contribution in [0.5, 0.6) is 0 Å². The minimum absolute atomic E-state index is 0.587. The van der Waals surface area contributed by atoms with Crippen molar-refractivity contribution in [3.8, 4) is 6.07 Å². The zero-order valence-corrected chi connectivity index (χ0v) is 11.5. The fraction of sp³-hybridized carbons (Fsp3) is 0. The van der Waals surface area contributed by atoms with Crippen LogP contribution in [0.15, 0.2) is 51.7 Å². The number of hydrogen-bond acceptors (Lipinski definition) is 5. The normalized spacial score (nSPS) is 10.5. The Morgan fingerprint density at radius 2 is 2.05 bits per heavy atom. The van der Waals surface area contributed by atoms with E-state index in [0.29, 0.717) is 11.3 Å². The number of thiazole rings is 1. The number of nitrogens with two attached hydrogens (primary N) is 1. The van der Waals surface area contributed by atoms with Crippen LogP contribution in [-0.4, -0.2) is 4.98 Å². The third-order valence-corrected chi connectivity index (χ3v) is 4.77. The second kappa shape index (κ2) is 4.92. The zero-order chi connectivity index (χ0) is 13.2. The highest BCUT2D eigenvalue weighted by molar-refractivity contribution is 8.01. The molecule has 1 heterocycles. The molecule has 0 bridgehead atoms. The predicted molar refractivity (Wildman–Crippen MR) is 79.3 cm³/mol. The summed E-state index contributed by atoms with van der Waals surface area (Å²) < 4.78 is 2.08. The summed E-state index contributed by atoms with van der Waals surface area (Å²) in [7, 11) is 0. The van der Waals surface area contributed by atoms with Gasteiger partial charge in [-0.3, -0.25) is 0 Å². The first-order valence-corrected chi connectivity index (χ1v) is 7.22. The Labute approximate surface area is 118 Å². The number of anilines is 1. The Morgan fingerprint density at radius 1 is 1.21 bits per heavy atom. The number of nitrogen functional groups attached to an aromatic ring is 1. The molecule has 0 saturated heterocycles. The van der Waals surface area contributed by atoms with Crippen molar-refractivity contribution in [1.29, 1.82) is 5.26 Å². The standard InChI is InChI=1S/C14H9N3S2/c15-8-9-7-10(16)5-6-12(9)18-14-17-11-3-1-2-4-13(11)19-14/h1-7H,16H2. The van der Waals surface area contributed by atoms with Crippen LogP contribution in [0.25, 0.3) is 10.2 Å². The Kier molecular flexibility index (Phi) is 3.11. The molecule has 3 aromatic rings. The van der Waals surface area contributed by atoms with Crippen LogP contribution in [0.3, 0.4) is 0 Å². The highest BCUT2D eigenvalue weighted by Crippen LogP contribution is 2.36. The van der Waals surface area contributed by atoms with Gasteiger partial charge < -0.3 is 5.73 Å². The van der Waals surface area contributed by atoms with Crippen LogP contribution >= 0.6 is 23.1 Å². The van der Waals surface area contributed by atoms with Crippen molar-refractivity contribution in [3.63, 3.8) is 0 Å². The summed E-state index contributed by atoms with van der Waals surface area (Å²) in [6.07, 6.45) is 0. The van der Waals surface area contributed by atoms with Gasteiger partial charge in [0.1, 0.15) is 6.07 Å². The van der Waals surface area contributed by atoms with Crippen molar-refractivity contribution < 1.29 is 0 Å². The van der Waals surface area contributed by atoms with Gasteiger partial charge in [-0.15, -0.1) is 11.3 Å². The van der Waals surface area contributed by atoms with Crippen LogP contribution in [0, 0.1) is 11.3 Å². The molecule has 3 rings (SSSR count). The molecule has 0 fully saturated rings. The van der Waals surface area contributed by atoms with Gasteiger partial charge in [-0.05, 0) is 30.3 Å². The molecule has 0 amide bonds. The largest absolute Gasteiger partial charge is 0.399 e. The lowest BCUT2D eigenvalue weighted by atomic mass is 10.2. The average Bonchev–Trinajstić information content (AvgIpc) is 2.83. The van der Waals surface area contributed by atoms with E-state index in [-0.39, 0.29) is 0 Å². The molecule has 1 aromatic heterocycles. The van der Waals surface area contributed by atoms with Crippen molar-refractivity contribution in [1.82, 2.24) is 4.98 Å². The van der Waals surface area contributed by atoms with Gasteiger partial charge in [0, 0.05) is 10.6 Å². The molecule has 0 atom stereocenters. The molecule has 0 radical (unpaired) electrons. The first-order valence-electron chi connectivity index (χ1n) is 5.59. The summed E-state index contributed by atoms with van der Waals surface area (Å²) in [5.74, 6) is 0. The maximum atomic E-state index is 9.12. The predicted octanol–water partition coefficient (Wildman–Crippen LogP) is 3.90. The smallest absolute Gasteiger partial charge is 0.155 e. The van der Waals surface area contributed by atoms with E-state index >= 15 is 0 Å². The van der Waals surface area contributed by atoms with Gasteiger partial charge >= 0.3 is 0 Å². The maximum Gasteiger partial charge on any atom is 0.155 e. The van der Waals surface area contributed by atoms with Gasteiger partial charge in [-0.25, -0.2) is 4.98 Å². The van der Waals surface area contributed by atoms with Crippen molar-refractivity contribution in [2.24, 2.45) is 0 Å². The highest BCUT2D eigenvalue weighted by Gasteiger charge is 2.09. The first-order chi connectivity index (χ1) is 9.26. The van der Waals surface area contributed by atoms with Crippen LogP contribution < -0.4 is 5.73 Å². The Balaban J connectivity index is 1.99. The van der Waals surface area contributed by atoms with E-state index in [0.717, 1.165) is 19.5 Å². The van der Waals surface area contributed by atoms with Crippen LogP contribution in [0.2, 0.25) is 0 Å². The summed E-state index contributed by atoms with van der Waals surface area (Å²) in [5, 5.41) is 9.12. The molecule has 5 heteroatoms. The molecule has 0 aliphatic rings. The van der Waals surface area contributed by atoms with E-state index in [1.165, 1.54) is 11.8 Å². The summed E-state index contributed by atoms with van der Waals surface area (Å²) in [5.41, 5.74) is 7.86. The fourth-order valence-corrected chi connectivity index (χ4v) is 3.80. The summed E-state index contributed by atoms with van der Waals surface area (Å²) in [4.78, 5) is 5.43. The topological polar surface area (TPSA) is 62.7 Å². The van der Waals surface area contributed by atoms with Crippen molar-refractivity contribution >= 4 is 39.0 Å². The van der Waals surface area contributed by atoms with E-state index in [4.69, 9.17) is 11.0 Å². The number of benzene rings is 2. The molecule has 19 heavy (non-hydrogen) atoms. The number of hydrogen-bond donors (Lipinski definition) is 1. The summed E-state index contributed by atoms with van der Waals surface area (Å²) >= 11 is 3.13. The van der Waals surface area contributed by atoms with Crippen LogP contribution in [0.1, 0.15) is 5.56 Å². The zero-order valence-electron chi connectivity index (χ0n) is 9.83. The van der Waals surface area contributed by atoms with Crippen molar-refractivity contribution in [2.75, 3.05) is 5.73 Å². The maximum absolute atomic E-state index is 9.12. The van der Waals surface area contributed by atoms with E-state index in [2.05, 4.69) is 11.1 Å². The van der Waals surface area contributed by atoms with Crippen molar-refractivity contribution in [2.45, 2.75) is 9.24 Å². The summed E-state index contributed by atoms with van der Waals surface area (Å²) in [6.45, 7) is 0. The molecular formula is C14H9N3S2. The van der Waals surface area contributed by atoms with Crippen LogP contribution in [0.4, 0.5) is 5.69 Å². The third kappa shape index (κ3) is 2.41. The van der Waals surface area contributed by atoms with E-state index in [9.17, 15) is 0 Å². The lowest BCUT2D eigenvalue weighted by Crippen LogP contribution is -1.87. The van der Waals surface area contributed by atoms with Gasteiger partial charge in [-0.2, -0.15) is 5.26 Å². The molecule has 0 unspecified atom stereocenters. The number of nitriles is 1. The Morgan fingerprint density at radius 3 is 2.84 bits per heavy atom. The second-order valence-corrected chi connectivity index (χ2v) is 6.24. The van der Waals surface area contributed by atoms with Crippen LogP contribution in [-0.2, 0) is 0 Å². The lowest BCUT2D eigenvalue weighted by molar-refractivity contribution is 1.28. The molecule has 0 aliphatic heterocycles. The molecule has 0 aliphatic carbocycles. The number of aromatic nitrogens is 1. The molecule has 3 nitrogen and oxygen atoms in total. The summed E-state index contributed by atoms with van der Waals surface area (Å²) in [6, 6.07) is 15.5. The van der Waals surface area contributed by atoms with E-state index in [1.54, 1.807) is 23.5 Å². The van der Waals surface area contributed by atoms with E-state index < -0.39 is 0 Å². The Bertz CT molecular complexity index is 754. The number of nitrogens with zero attached hydrogens (tertiary/aromatic N) is 2. The number of fused-ring (bicyclic) bond motifs is 1. The highest BCUT2D eigenvalue weighted by atomic mass is 32.2. The van der Waals surface area contributed by atoms with Crippen molar-refractivity contribution in [3.05, 3.63) is 48.0 Å². The second-order valence-electron chi connectivity index (χ2n) is 3.92. The molecule has 0 spiro atoms.